The number of anilines is 1. The van der Waals surface area contributed by atoms with Crippen LogP contribution in [-0.2, 0) is 13.6 Å². The molecule has 8 nitrogen and oxygen atoms in total. The number of aromatic nitrogens is 3. The third kappa shape index (κ3) is 8.93. The van der Waals surface area contributed by atoms with E-state index in [4.69, 9.17) is 41.8 Å². The van der Waals surface area contributed by atoms with Crippen LogP contribution in [0.5, 0.6) is 0 Å². The van der Waals surface area contributed by atoms with Crippen molar-refractivity contribution in [3.8, 4) is 22.5 Å². The Bertz CT molecular complexity index is 1010. The number of alkyl halides is 2. The Kier molecular flexibility index (Phi) is 12.4. The van der Waals surface area contributed by atoms with Gasteiger partial charge in [0.05, 0.1) is 19.8 Å². The summed E-state index contributed by atoms with van der Waals surface area (Å²) in [5.41, 5.74) is 9.20. The van der Waals surface area contributed by atoms with Crippen LogP contribution in [0.2, 0.25) is 0 Å². The highest BCUT2D eigenvalue weighted by Gasteiger charge is 2.15. The van der Waals surface area contributed by atoms with Gasteiger partial charge in [-0.1, -0.05) is 56.1 Å². The first-order chi connectivity index (χ1) is 16.6. The highest BCUT2D eigenvalue weighted by Crippen LogP contribution is 2.39. The summed E-state index contributed by atoms with van der Waals surface area (Å²) >= 11 is 18.2. The zero-order chi connectivity index (χ0) is 24.2. The van der Waals surface area contributed by atoms with Gasteiger partial charge < -0.3 is 13.6 Å². The van der Waals surface area contributed by atoms with Crippen molar-refractivity contribution in [1.82, 2.24) is 20.6 Å². The lowest BCUT2D eigenvalue weighted by Crippen LogP contribution is -2.27. The van der Waals surface area contributed by atoms with E-state index in [1.807, 2.05) is 48.5 Å². The Balaban J connectivity index is 1.65. The number of hydrogen-bond donors (Lipinski definition) is 2. The average molecular weight is 654 g/mol. The van der Waals surface area contributed by atoms with Crippen molar-refractivity contribution in [2.75, 3.05) is 43.6 Å². The van der Waals surface area contributed by atoms with Crippen molar-refractivity contribution in [2.45, 2.75) is 0 Å². The van der Waals surface area contributed by atoms with Gasteiger partial charge >= 0.3 is 8.60 Å². The molecule has 3 aromatic rings. The predicted octanol–water partition coefficient (Wildman–Crippen LogP) is 6.40. The molecule has 13 heteroatoms. The van der Waals surface area contributed by atoms with E-state index in [1.165, 1.54) is 0 Å². The molecule has 0 saturated heterocycles. The second-order valence-corrected chi connectivity index (χ2v) is 10.3. The maximum absolute atomic E-state index is 5.65. The topological polar surface area (TPSA) is 90.4 Å². The number of hydrogen-bond acceptors (Lipinski definition) is 8. The normalized spacial score (nSPS) is 11.2. The first-order valence-electron chi connectivity index (χ1n) is 10.2. The number of benzene rings is 2. The summed E-state index contributed by atoms with van der Waals surface area (Å²) in [7, 11) is -1.50. The van der Waals surface area contributed by atoms with E-state index < -0.39 is 8.60 Å². The van der Waals surface area contributed by atoms with Crippen molar-refractivity contribution < 1.29 is 13.6 Å². The summed E-state index contributed by atoms with van der Waals surface area (Å²) in [5.74, 6) is 1.04. The van der Waals surface area contributed by atoms with E-state index >= 15 is 0 Å². The van der Waals surface area contributed by atoms with Gasteiger partial charge in [0.1, 0.15) is 11.4 Å². The molecule has 0 aliphatic carbocycles. The molecular formula is C21H22Br2Cl2N5O3P. The van der Waals surface area contributed by atoms with Crippen LogP contribution in [0.3, 0.4) is 0 Å². The second-order valence-electron chi connectivity index (χ2n) is 6.50. The summed E-state index contributed by atoms with van der Waals surface area (Å²) in [6.07, 6.45) is 0. The first kappa shape index (κ1) is 27.6. The standard InChI is InChI=1S/C21H22Br2Cl2N5O3P/c22-17-5-1-15(2-6-17)19-20(16-3-7-18(23)8-4-16)28-30-21(27-19)29-26-11-14-33-34(31-12-9-24)32-13-10-25/h1-8,26H,9-14H2,(H,27,29,30). The van der Waals surface area contributed by atoms with Crippen LogP contribution in [-0.4, -0.2) is 53.3 Å². The summed E-state index contributed by atoms with van der Waals surface area (Å²) in [6, 6.07) is 15.7. The Hall–Kier alpha value is -0.940. The molecule has 0 aliphatic heterocycles. The molecule has 0 amide bonds. The summed E-state index contributed by atoms with van der Waals surface area (Å²) in [4.78, 5) is 4.70. The monoisotopic (exact) mass is 651 g/mol. The second kappa shape index (κ2) is 15.2. The Morgan fingerprint density at radius 2 is 1.26 bits per heavy atom. The maximum atomic E-state index is 5.65. The molecule has 0 unspecified atom stereocenters. The van der Waals surface area contributed by atoms with Gasteiger partial charge in [0.25, 0.3) is 5.95 Å². The molecule has 0 aliphatic rings. The number of nitrogens with one attached hydrogen (secondary N) is 2. The van der Waals surface area contributed by atoms with Gasteiger partial charge in [0.15, 0.2) is 0 Å². The maximum Gasteiger partial charge on any atom is 0.332 e. The van der Waals surface area contributed by atoms with E-state index in [1.54, 1.807) is 0 Å². The molecule has 182 valence electrons. The van der Waals surface area contributed by atoms with E-state index in [-0.39, 0.29) is 0 Å². The number of rotatable bonds is 14. The SMILES string of the molecule is ClCCOP(OCCCl)OCCNNc1nnc(-c2ccc(Br)cc2)c(-c2ccc(Br)cc2)n1. The van der Waals surface area contributed by atoms with Crippen molar-refractivity contribution >= 4 is 69.6 Å². The fourth-order valence-electron chi connectivity index (χ4n) is 2.63. The molecule has 0 bridgehead atoms. The fraction of sp³-hybridized carbons (Fsp3) is 0.286. The summed E-state index contributed by atoms with van der Waals surface area (Å²) in [5, 5.41) is 8.66. The molecule has 1 heterocycles. The molecule has 34 heavy (non-hydrogen) atoms. The minimum absolute atomic E-state index is 0.327. The van der Waals surface area contributed by atoms with Gasteiger partial charge in [0, 0.05) is 38.4 Å². The van der Waals surface area contributed by atoms with Crippen molar-refractivity contribution in [2.24, 2.45) is 0 Å². The molecule has 0 radical (unpaired) electrons. The van der Waals surface area contributed by atoms with Crippen LogP contribution in [0.4, 0.5) is 5.95 Å². The van der Waals surface area contributed by atoms with Crippen molar-refractivity contribution in [1.29, 1.82) is 0 Å². The van der Waals surface area contributed by atoms with Gasteiger partial charge in [-0.3, -0.25) is 5.43 Å². The largest absolute Gasteiger partial charge is 0.332 e. The van der Waals surface area contributed by atoms with Crippen molar-refractivity contribution in [3.63, 3.8) is 0 Å². The van der Waals surface area contributed by atoms with Gasteiger partial charge in [0.2, 0.25) is 0 Å². The minimum Gasteiger partial charge on any atom is -0.311 e. The lowest BCUT2D eigenvalue weighted by molar-refractivity contribution is 0.173. The van der Waals surface area contributed by atoms with Gasteiger partial charge in [-0.25, -0.2) is 10.4 Å². The summed E-state index contributed by atoms with van der Waals surface area (Å²) in [6.45, 7) is 1.44. The lowest BCUT2D eigenvalue weighted by Gasteiger charge is -2.16. The van der Waals surface area contributed by atoms with Crippen LogP contribution >= 0.6 is 63.7 Å². The van der Waals surface area contributed by atoms with Gasteiger partial charge in [-0.05, 0) is 24.3 Å². The summed E-state index contributed by atoms with van der Waals surface area (Å²) < 4.78 is 18.4. The number of nitrogens with zero attached hydrogens (tertiary/aromatic N) is 3. The molecule has 0 atom stereocenters. The average Bonchev–Trinajstić information content (AvgIpc) is 2.86. The van der Waals surface area contributed by atoms with E-state index in [0.717, 1.165) is 20.1 Å². The Morgan fingerprint density at radius 3 is 1.82 bits per heavy atom. The van der Waals surface area contributed by atoms with Crippen molar-refractivity contribution in [3.05, 3.63) is 57.5 Å². The van der Waals surface area contributed by atoms with E-state index in [2.05, 4.69) is 52.9 Å². The smallest absolute Gasteiger partial charge is 0.311 e. The highest BCUT2D eigenvalue weighted by atomic mass is 79.9. The number of halogens is 4. The molecule has 2 aromatic carbocycles. The molecule has 1 aromatic heterocycles. The molecule has 0 fully saturated rings. The molecule has 0 spiro atoms. The zero-order valence-electron chi connectivity index (χ0n) is 17.9. The van der Waals surface area contributed by atoms with Crippen LogP contribution in [0, 0.1) is 0 Å². The quantitative estimate of drug-likeness (QED) is 0.0894. The fourth-order valence-corrected chi connectivity index (χ4v) is 4.48. The Labute approximate surface area is 226 Å². The highest BCUT2D eigenvalue weighted by molar-refractivity contribution is 9.10. The van der Waals surface area contributed by atoms with Gasteiger partial charge in [-0.15, -0.1) is 33.4 Å². The molecular weight excluding hydrogens is 632 g/mol. The van der Waals surface area contributed by atoms with Crippen LogP contribution in [0.25, 0.3) is 22.5 Å². The van der Waals surface area contributed by atoms with Crippen LogP contribution in [0.15, 0.2) is 57.5 Å². The molecule has 2 N–H and O–H groups in total. The Morgan fingerprint density at radius 1 is 0.735 bits per heavy atom. The lowest BCUT2D eigenvalue weighted by atomic mass is 10.0. The number of hydrazine groups is 1. The zero-order valence-corrected chi connectivity index (χ0v) is 23.5. The third-order valence-corrected chi connectivity index (χ3v) is 6.64. The predicted molar refractivity (Wildman–Crippen MR) is 144 cm³/mol. The molecule has 3 rings (SSSR count). The molecule has 0 saturated carbocycles. The van der Waals surface area contributed by atoms with E-state index in [9.17, 15) is 0 Å². The minimum atomic E-state index is -1.50. The van der Waals surface area contributed by atoms with Gasteiger partial charge in [-0.2, -0.15) is 0 Å². The van der Waals surface area contributed by atoms with Crippen LogP contribution < -0.4 is 10.9 Å². The first-order valence-corrected chi connectivity index (χ1v) is 13.9. The third-order valence-electron chi connectivity index (χ3n) is 4.09. The van der Waals surface area contributed by atoms with E-state index in [0.29, 0.717) is 55.5 Å². The van der Waals surface area contributed by atoms with Crippen LogP contribution in [0.1, 0.15) is 0 Å².